The zero-order valence-corrected chi connectivity index (χ0v) is 10.5. The van der Waals surface area contributed by atoms with E-state index < -0.39 is 0 Å². The Balaban J connectivity index is 2.33. The third-order valence-corrected chi connectivity index (χ3v) is 3.42. The van der Waals surface area contributed by atoms with Crippen molar-refractivity contribution >= 4 is 11.5 Å². The molecule has 0 fully saturated rings. The van der Waals surface area contributed by atoms with Crippen molar-refractivity contribution in [3.63, 3.8) is 0 Å². The summed E-state index contributed by atoms with van der Waals surface area (Å²) in [5.41, 5.74) is 7.95. The number of rotatable bonds is 3. The molecule has 2 aromatic rings. The van der Waals surface area contributed by atoms with Gasteiger partial charge in [0.2, 0.25) is 0 Å². The highest BCUT2D eigenvalue weighted by molar-refractivity contribution is 7.05. The second-order valence-corrected chi connectivity index (χ2v) is 4.99. The molecule has 0 aliphatic heterocycles. The Morgan fingerprint density at radius 2 is 1.88 bits per heavy atom. The fourth-order valence-electron chi connectivity index (χ4n) is 1.64. The summed E-state index contributed by atoms with van der Waals surface area (Å²) < 4.78 is 16.8. The molecule has 3 nitrogen and oxygen atoms in total. The highest BCUT2D eigenvalue weighted by atomic mass is 32.1. The summed E-state index contributed by atoms with van der Waals surface area (Å²) >= 11 is 1.31. The van der Waals surface area contributed by atoms with E-state index in [9.17, 15) is 4.39 Å². The van der Waals surface area contributed by atoms with Crippen molar-refractivity contribution in [1.29, 1.82) is 0 Å². The predicted molar refractivity (Wildman–Crippen MR) is 66.4 cm³/mol. The minimum atomic E-state index is -0.284. The van der Waals surface area contributed by atoms with Crippen LogP contribution in [0.15, 0.2) is 24.3 Å². The van der Waals surface area contributed by atoms with Crippen LogP contribution in [-0.2, 0) is 0 Å². The molecule has 1 aromatic heterocycles. The Labute approximate surface area is 104 Å². The van der Waals surface area contributed by atoms with E-state index in [1.165, 1.54) is 23.7 Å². The molecule has 2 rings (SSSR count). The number of aromatic nitrogens is 2. The first-order valence-corrected chi connectivity index (χ1v) is 6.20. The SMILES string of the molecule is CC(C)c1nnsc1C(N)c1ccc(F)cc1. The summed E-state index contributed by atoms with van der Waals surface area (Å²) in [6, 6.07) is 5.94. The maximum atomic E-state index is 12.8. The van der Waals surface area contributed by atoms with Gasteiger partial charge in [-0.1, -0.05) is 30.5 Å². The third-order valence-electron chi connectivity index (χ3n) is 2.60. The minimum Gasteiger partial charge on any atom is -0.320 e. The van der Waals surface area contributed by atoms with E-state index in [4.69, 9.17) is 5.73 Å². The van der Waals surface area contributed by atoms with Gasteiger partial charge in [-0.25, -0.2) is 4.39 Å². The van der Waals surface area contributed by atoms with Crippen LogP contribution >= 0.6 is 11.5 Å². The van der Waals surface area contributed by atoms with Crippen LogP contribution in [0.1, 0.15) is 41.9 Å². The van der Waals surface area contributed by atoms with Crippen molar-refractivity contribution in [2.45, 2.75) is 25.8 Å². The lowest BCUT2D eigenvalue weighted by atomic mass is 10.0. The molecular weight excluding hydrogens is 237 g/mol. The number of hydrogen-bond acceptors (Lipinski definition) is 4. The lowest BCUT2D eigenvalue weighted by Gasteiger charge is -2.12. The van der Waals surface area contributed by atoms with Gasteiger partial charge in [-0.2, -0.15) is 0 Å². The lowest BCUT2D eigenvalue weighted by Crippen LogP contribution is -2.12. The topological polar surface area (TPSA) is 51.8 Å². The van der Waals surface area contributed by atoms with Gasteiger partial charge in [-0.3, -0.25) is 0 Å². The Bertz CT molecular complexity index is 493. The van der Waals surface area contributed by atoms with E-state index in [0.29, 0.717) is 0 Å². The molecule has 1 heterocycles. The van der Waals surface area contributed by atoms with Gasteiger partial charge in [0.05, 0.1) is 16.6 Å². The fourth-order valence-corrected chi connectivity index (χ4v) is 2.48. The van der Waals surface area contributed by atoms with Crippen LogP contribution in [0.4, 0.5) is 4.39 Å². The van der Waals surface area contributed by atoms with Gasteiger partial charge in [0.15, 0.2) is 0 Å². The second-order valence-electron chi connectivity index (χ2n) is 4.21. The van der Waals surface area contributed by atoms with E-state index in [1.807, 2.05) is 0 Å². The molecule has 1 atom stereocenters. The third kappa shape index (κ3) is 2.50. The van der Waals surface area contributed by atoms with Gasteiger partial charge in [0.1, 0.15) is 5.82 Å². The summed E-state index contributed by atoms with van der Waals surface area (Å²) in [7, 11) is 0. The maximum absolute atomic E-state index is 12.8. The van der Waals surface area contributed by atoms with Crippen molar-refractivity contribution in [3.8, 4) is 0 Å². The van der Waals surface area contributed by atoms with Crippen LogP contribution in [0.2, 0.25) is 0 Å². The van der Waals surface area contributed by atoms with E-state index in [2.05, 4.69) is 23.4 Å². The maximum Gasteiger partial charge on any atom is 0.123 e. The van der Waals surface area contributed by atoms with Crippen molar-refractivity contribution in [1.82, 2.24) is 9.59 Å². The highest BCUT2D eigenvalue weighted by Gasteiger charge is 2.19. The molecule has 17 heavy (non-hydrogen) atoms. The number of nitrogens with zero attached hydrogens (tertiary/aromatic N) is 2. The minimum absolute atomic E-state index is 0.257. The van der Waals surface area contributed by atoms with E-state index >= 15 is 0 Å². The molecule has 0 aliphatic rings. The zero-order valence-electron chi connectivity index (χ0n) is 9.72. The predicted octanol–water partition coefficient (Wildman–Crippen LogP) is 2.85. The quantitative estimate of drug-likeness (QED) is 0.912. The number of benzene rings is 1. The molecule has 0 spiro atoms. The van der Waals surface area contributed by atoms with Crippen LogP contribution in [-0.4, -0.2) is 9.59 Å². The molecule has 0 saturated carbocycles. The molecule has 0 amide bonds. The Kier molecular flexibility index (Phi) is 3.49. The van der Waals surface area contributed by atoms with E-state index in [-0.39, 0.29) is 17.8 Å². The zero-order chi connectivity index (χ0) is 12.4. The van der Waals surface area contributed by atoms with Crippen LogP contribution in [0.3, 0.4) is 0 Å². The molecule has 0 bridgehead atoms. The lowest BCUT2D eigenvalue weighted by molar-refractivity contribution is 0.626. The summed E-state index contributed by atoms with van der Waals surface area (Å²) in [6.07, 6.45) is 0. The van der Waals surface area contributed by atoms with Gasteiger partial charge in [-0.05, 0) is 35.1 Å². The number of hydrogen-bond donors (Lipinski definition) is 1. The van der Waals surface area contributed by atoms with Crippen molar-refractivity contribution in [2.75, 3.05) is 0 Å². The van der Waals surface area contributed by atoms with Crippen molar-refractivity contribution in [2.24, 2.45) is 5.73 Å². The molecule has 90 valence electrons. The fraction of sp³-hybridized carbons (Fsp3) is 0.333. The summed E-state index contributed by atoms with van der Waals surface area (Å²) in [5.74, 6) is 0.0303. The number of halogens is 1. The Morgan fingerprint density at radius 3 is 2.47 bits per heavy atom. The average molecular weight is 251 g/mol. The Hall–Kier alpha value is -1.33. The monoisotopic (exact) mass is 251 g/mol. The van der Waals surface area contributed by atoms with Gasteiger partial charge in [-0.15, -0.1) is 5.10 Å². The van der Waals surface area contributed by atoms with Gasteiger partial charge < -0.3 is 5.73 Å². The molecule has 1 unspecified atom stereocenters. The highest BCUT2D eigenvalue weighted by Crippen LogP contribution is 2.28. The first-order chi connectivity index (χ1) is 8.09. The molecule has 2 N–H and O–H groups in total. The van der Waals surface area contributed by atoms with Crippen molar-refractivity contribution in [3.05, 3.63) is 46.2 Å². The van der Waals surface area contributed by atoms with Gasteiger partial charge >= 0.3 is 0 Å². The summed E-state index contributed by atoms with van der Waals surface area (Å²) in [6.45, 7) is 4.11. The summed E-state index contributed by atoms with van der Waals surface area (Å²) in [5, 5.41) is 4.09. The average Bonchev–Trinajstić information content (AvgIpc) is 2.78. The van der Waals surface area contributed by atoms with E-state index in [0.717, 1.165) is 16.1 Å². The van der Waals surface area contributed by atoms with Crippen LogP contribution in [0.5, 0.6) is 0 Å². The van der Waals surface area contributed by atoms with Crippen LogP contribution < -0.4 is 5.73 Å². The molecule has 0 saturated heterocycles. The smallest absolute Gasteiger partial charge is 0.123 e. The van der Waals surface area contributed by atoms with Crippen LogP contribution in [0.25, 0.3) is 0 Å². The standard InChI is InChI=1S/C12H14FN3S/c1-7(2)11-12(17-16-15-11)10(14)8-3-5-9(13)6-4-8/h3-7,10H,14H2,1-2H3. The number of nitrogens with two attached hydrogens (primary N) is 1. The first kappa shape index (κ1) is 12.1. The summed E-state index contributed by atoms with van der Waals surface area (Å²) in [4.78, 5) is 0.951. The van der Waals surface area contributed by atoms with Crippen molar-refractivity contribution < 1.29 is 4.39 Å². The molecule has 0 radical (unpaired) electrons. The van der Waals surface area contributed by atoms with E-state index in [1.54, 1.807) is 12.1 Å². The molecular formula is C12H14FN3S. The second kappa shape index (κ2) is 4.89. The molecule has 5 heteroatoms. The van der Waals surface area contributed by atoms with Gasteiger partial charge in [0, 0.05) is 0 Å². The Morgan fingerprint density at radius 1 is 1.24 bits per heavy atom. The normalized spacial score (nSPS) is 13.0. The van der Waals surface area contributed by atoms with Gasteiger partial charge in [0.25, 0.3) is 0 Å². The molecule has 0 aliphatic carbocycles. The first-order valence-electron chi connectivity index (χ1n) is 5.42. The molecule has 1 aromatic carbocycles. The van der Waals surface area contributed by atoms with Crippen LogP contribution in [0, 0.1) is 5.82 Å². The largest absolute Gasteiger partial charge is 0.320 e.